The number of rotatable bonds is 4. The summed E-state index contributed by atoms with van der Waals surface area (Å²) < 4.78 is 4.46. The van der Waals surface area contributed by atoms with E-state index in [4.69, 9.17) is 6.57 Å². The van der Waals surface area contributed by atoms with Crippen molar-refractivity contribution in [2.75, 3.05) is 0 Å². The highest BCUT2D eigenvalue weighted by Gasteiger charge is 2.18. The van der Waals surface area contributed by atoms with Gasteiger partial charge in [0.1, 0.15) is 0 Å². The number of benzene rings is 7. The number of nitriles is 2. The zero-order valence-electron chi connectivity index (χ0n) is 26.7. The number of nitrogens with zero attached hydrogens (tertiary/aromatic N) is 5. The molecule has 0 aliphatic carbocycles. The molecule has 0 aliphatic rings. The first kappa shape index (κ1) is 28.8. The number of para-hydroxylation sites is 3. The zero-order valence-corrected chi connectivity index (χ0v) is 26.7. The molecule has 0 bridgehead atoms. The molecular weight excluding hydrogens is 611 g/mol. The SMILES string of the molecule is [C-]#[N+]c1ccc2c3ccccc3n(-c3ccc(-c4cc(-c5ccccc5-n5c6ccccc6c6cc(C#N)ccc65)ccc4C#N)cc3)c2c1. The molecule has 7 aromatic carbocycles. The van der Waals surface area contributed by atoms with Crippen LogP contribution >= 0.6 is 0 Å². The number of aromatic nitrogens is 2. The minimum atomic E-state index is 0.596. The second-order valence-corrected chi connectivity index (χ2v) is 12.3. The smallest absolute Gasteiger partial charge is 0.189 e. The van der Waals surface area contributed by atoms with Crippen LogP contribution in [0.25, 0.3) is 82.1 Å². The lowest BCUT2D eigenvalue weighted by Crippen LogP contribution is -1.98. The molecule has 0 radical (unpaired) electrons. The van der Waals surface area contributed by atoms with Gasteiger partial charge in [0.15, 0.2) is 5.69 Å². The van der Waals surface area contributed by atoms with Crippen LogP contribution in [0.1, 0.15) is 11.1 Å². The fraction of sp³-hybridized carbons (Fsp3) is 0. The standard InChI is InChI=1S/C45H25N5/c1-48-33-19-22-38-36-9-3-6-12-42(36)49(45(38)26-33)34-20-17-30(18-21-34)39-25-31(15-16-32(39)28-47)35-8-2-5-11-41(35)50-43-13-7-4-10-37(43)40-24-29(27-46)14-23-44(40)50/h2-26H. The first-order chi connectivity index (χ1) is 24.7. The van der Waals surface area contributed by atoms with Gasteiger partial charge in [-0.15, -0.1) is 0 Å². The first-order valence-corrected chi connectivity index (χ1v) is 16.3. The van der Waals surface area contributed by atoms with Gasteiger partial charge in [0, 0.05) is 43.9 Å². The van der Waals surface area contributed by atoms with Crippen molar-refractivity contribution in [3.05, 3.63) is 174 Å². The van der Waals surface area contributed by atoms with Gasteiger partial charge in [-0.3, -0.25) is 0 Å². The highest BCUT2D eigenvalue weighted by Crippen LogP contribution is 2.39. The second-order valence-electron chi connectivity index (χ2n) is 12.3. The molecule has 5 nitrogen and oxygen atoms in total. The Bertz CT molecular complexity index is 2960. The third-order valence-electron chi connectivity index (χ3n) is 9.62. The largest absolute Gasteiger partial charge is 0.311 e. The van der Waals surface area contributed by atoms with Crippen LogP contribution in [0.15, 0.2) is 152 Å². The van der Waals surface area contributed by atoms with Gasteiger partial charge >= 0.3 is 0 Å². The summed E-state index contributed by atoms with van der Waals surface area (Å²) in [6.45, 7) is 7.59. The second kappa shape index (κ2) is 11.4. The number of hydrogen-bond donors (Lipinski definition) is 0. The van der Waals surface area contributed by atoms with Crippen molar-refractivity contribution in [2.24, 2.45) is 0 Å². The molecule has 0 saturated carbocycles. The van der Waals surface area contributed by atoms with Crippen molar-refractivity contribution in [1.82, 2.24) is 9.13 Å². The molecule has 0 fully saturated rings. The molecule has 2 aromatic heterocycles. The van der Waals surface area contributed by atoms with Crippen LogP contribution in [0.5, 0.6) is 0 Å². The van der Waals surface area contributed by atoms with Crippen LogP contribution in [-0.2, 0) is 0 Å². The number of fused-ring (bicyclic) bond motifs is 6. The summed E-state index contributed by atoms with van der Waals surface area (Å²) in [4.78, 5) is 3.68. The molecule has 9 aromatic rings. The Hall–Kier alpha value is -7.39. The van der Waals surface area contributed by atoms with E-state index in [0.717, 1.165) is 77.2 Å². The van der Waals surface area contributed by atoms with Gasteiger partial charge in [-0.2, -0.15) is 10.5 Å². The molecule has 0 aliphatic heterocycles. The van der Waals surface area contributed by atoms with Gasteiger partial charge in [0.2, 0.25) is 0 Å². The lowest BCUT2D eigenvalue weighted by molar-refractivity contribution is 1.18. The lowest BCUT2D eigenvalue weighted by Gasteiger charge is -2.16. The maximum atomic E-state index is 10.2. The average Bonchev–Trinajstić information content (AvgIpc) is 3.69. The Morgan fingerprint density at radius 3 is 1.90 bits per heavy atom. The summed E-state index contributed by atoms with van der Waals surface area (Å²) in [5, 5.41) is 24.2. The topological polar surface area (TPSA) is 61.8 Å². The Morgan fingerprint density at radius 2 is 1.14 bits per heavy atom. The van der Waals surface area contributed by atoms with E-state index in [-0.39, 0.29) is 0 Å². The van der Waals surface area contributed by atoms with Crippen LogP contribution in [0.3, 0.4) is 0 Å². The summed E-state index contributed by atoms with van der Waals surface area (Å²) in [6, 6.07) is 55.6. The van der Waals surface area contributed by atoms with E-state index in [9.17, 15) is 10.5 Å². The van der Waals surface area contributed by atoms with Crippen molar-refractivity contribution in [3.8, 4) is 45.8 Å². The van der Waals surface area contributed by atoms with Crippen LogP contribution in [-0.4, -0.2) is 9.13 Å². The van der Waals surface area contributed by atoms with E-state index < -0.39 is 0 Å². The normalized spacial score (nSPS) is 11.1. The molecule has 2 heterocycles. The van der Waals surface area contributed by atoms with Gasteiger partial charge < -0.3 is 9.13 Å². The first-order valence-electron chi connectivity index (χ1n) is 16.3. The van der Waals surface area contributed by atoms with E-state index >= 15 is 0 Å². The highest BCUT2D eigenvalue weighted by atomic mass is 15.0. The third-order valence-corrected chi connectivity index (χ3v) is 9.62. The molecule has 0 atom stereocenters. The van der Waals surface area contributed by atoms with Gasteiger partial charge in [-0.05, 0) is 77.9 Å². The molecule has 0 amide bonds. The monoisotopic (exact) mass is 635 g/mol. The van der Waals surface area contributed by atoms with E-state index in [1.54, 1.807) is 0 Å². The van der Waals surface area contributed by atoms with Crippen molar-refractivity contribution >= 4 is 49.3 Å². The molecular formula is C45H25N5. The molecule has 230 valence electrons. The summed E-state index contributed by atoms with van der Waals surface area (Å²) in [6.07, 6.45) is 0. The molecule has 9 rings (SSSR count). The summed E-state index contributed by atoms with van der Waals surface area (Å²) >= 11 is 0. The van der Waals surface area contributed by atoms with Gasteiger partial charge in [0.25, 0.3) is 0 Å². The maximum Gasteiger partial charge on any atom is 0.189 e. The van der Waals surface area contributed by atoms with Gasteiger partial charge in [-0.25, -0.2) is 4.85 Å². The lowest BCUT2D eigenvalue weighted by atomic mass is 9.94. The van der Waals surface area contributed by atoms with Crippen molar-refractivity contribution in [2.45, 2.75) is 0 Å². The molecule has 0 spiro atoms. The zero-order chi connectivity index (χ0) is 33.8. The predicted octanol–water partition coefficient (Wildman–Crippen LogP) is 11.5. The summed E-state index contributed by atoms with van der Waals surface area (Å²) in [7, 11) is 0. The predicted molar refractivity (Wildman–Crippen MR) is 202 cm³/mol. The van der Waals surface area contributed by atoms with Crippen molar-refractivity contribution < 1.29 is 0 Å². The Morgan fingerprint density at radius 1 is 0.480 bits per heavy atom. The van der Waals surface area contributed by atoms with E-state index in [1.165, 1.54) is 0 Å². The van der Waals surface area contributed by atoms with E-state index in [2.05, 4.69) is 92.8 Å². The van der Waals surface area contributed by atoms with E-state index in [0.29, 0.717) is 16.8 Å². The Balaban J connectivity index is 1.19. The summed E-state index contributed by atoms with van der Waals surface area (Å²) in [5.74, 6) is 0. The van der Waals surface area contributed by atoms with E-state index in [1.807, 2.05) is 84.9 Å². The molecule has 0 N–H and O–H groups in total. The average molecular weight is 636 g/mol. The van der Waals surface area contributed by atoms with Crippen LogP contribution < -0.4 is 0 Å². The minimum Gasteiger partial charge on any atom is -0.311 e. The molecule has 0 saturated heterocycles. The number of hydrogen-bond acceptors (Lipinski definition) is 2. The van der Waals surface area contributed by atoms with Crippen molar-refractivity contribution in [1.29, 1.82) is 10.5 Å². The highest BCUT2D eigenvalue weighted by molar-refractivity contribution is 6.11. The van der Waals surface area contributed by atoms with Crippen molar-refractivity contribution in [3.63, 3.8) is 0 Å². The van der Waals surface area contributed by atoms with Crippen LogP contribution in [0, 0.1) is 29.2 Å². The van der Waals surface area contributed by atoms with Gasteiger partial charge in [0.05, 0.1) is 52.1 Å². The molecule has 5 heteroatoms. The Kier molecular flexibility index (Phi) is 6.56. The minimum absolute atomic E-state index is 0.596. The fourth-order valence-electron chi connectivity index (χ4n) is 7.36. The third kappa shape index (κ3) is 4.38. The summed E-state index contributed by atoms with van der Waals surface area (Å²) in [5.41, 5.74) is 11.8. The fourth-order valence-corrected chi connectivity index (χ4v) is 7.36. The maximum absolute atomic E-state index is 10.2. The molecule has 0 unspecified atom stereocenters. The quantitative estimate of drug-likeness (QED) is 0.181. The van der Waals surface area contributed by atoms with Gasteiger partial charge in [-0.1, -0.05) is 84.9 Å². The van der Waals surface area contributed by atoms with Crippen LogP contribution in [0.4, 0.5) is 5.69 Å². The van der Waals surface area contributed by atoms with Crippen LogP contribution in [0.2, 0.25) is 0 Å². The Labute approximate surface area is 288 Å². The molecule has 50 heavy (non-hydrogen) atoms.